The number of benzene rings is 1. The maximum atomic E-state index is 13.7. The van der Waals surface area contributed by atoms with Crippen molar-refractivity contribution in [3.05, 3.63) is 42.2 Å². The number of fused-ring (bicyclic) bond motifs is 1. The molecule has 10 nitrogen and oxygen atoms in total. The van der Waals surface area contributed by atoms with E-state index in [1.54, 1.807) is 12.1 Å². The summed E-state index contributed by atoms with van der Waals surface area (Å²) in [6.07, 6.45) is 4.27. The number of hydrogen-bond acceptors (Lipinski definition) is 7. The highest BCUT2D eigenvalue weighted by molar-refractivity contribution is 6.12. The van der Waals surface area contributed by atoms with Gasteiger partial charge in [-0.2, -0.15) is 0 Å². The molecular weight excluding hydrogens is 488 g/mol. The number of likely N-dealkylation sites (tertiary alicyclic amines) is 2. The summed E-state index contributed by atoms with van der Waals surface area (Å²) in [6.45, 7) is 6.08. The number of ketones is 2. The van der Waals surface area contributed by atoms with Crippen LogP contribution in [0.3, 0.4) is 0 Å². The summed E-state index contributed by atoms with van der Waals surface area (Å²) in [5.41, 5.74) is 1.55. The van der Waals surface area contributed by atoms with Gasteiger partial charge in [0.1, 0.15) is 12.1 Å². The van der Waals surface area contributed by atoms with Crippen molar-refractivity contribution in [2.75, 3.05) is 31.1 Å². The Morgan fingerprint density at radius 3 is 2.37 bits per heavy atom. The van der Waals surface area contributed by atoms with E-state index in [9.17, 15) is 24.0 Å². The number of nitrogens with one attached hydrogen (secondary N) is 1. The monoisotopic (exact) mass is 522 g/mol. The van der Waals surface area contributed by atoms with Crippen LogP contribution in [0.2, 0.25) is 0 Å². The van der Waals surface area contributed by atoms with E-state index in [1.807, 2.05) is 26.0 Å². The zero-order chi connectivity index (χ0) is 27.0. The quantitative estimate of drug-likeness (QED) is 0.537. The molecular formula is C28H34N4O6. The lowest BCUT2D eigenvalue weighted by atomic mass is 10.0. The first-order chi connectivity index (χ1) is 18.2. The van der Waals surface area contributed by atoms with Gasteiger partial charge in [-0.3, -0.25) is 24.0 Å². The maximum absolute atomic E-state index is 13.7. The average Bonchev–Trinajstić information content (AvgIpc) is 3.69. The number of ether oxygens (including phenoxy) is 1. The molecule has 4 aliphatic rings. The minimum atomic E-state index is -1.27. The summed E-state index contributed by atoms with van der Waals surface area (Å²) >= 11 is 0. The first-order valence-electron chi connectivity index (χ1n) is 13.4. The molecule has 4 atom stereocenters. The molecule has 0 spiro atoms. The first kappa shape index (κ1) is 25.9. The molecule has 0 saturated carbocycles. The van der Waals surface area contributed by atoms with Gasteiger partial charge in [0.2, 0.25) is 17.8 Å². The van der Waals surface area contributed by atoms with Gasteiger partial charge in [0.25, 0.3) is 11.8 Å². The second-order valence-corrected chi connectivity index (χ2v) is 10.9. The van der Waals surface area contributed by atoms with E-state index in [-0.39, 0.29) is 36.6 Å². The van der Waals surface area contributed by atoms with Gasteiger partial charge in [-0.1, -0.05) is 13.8 Å². The molecule has 5 rings (SSSR count). The van der Waals surface area contributed by atoms with Crippen molar-refractivity contribution in [1.82, 2.24) is 15.1 Å². The molecule has 10 heteroatoms. The van der Waals surface area contributed by atoms with E-state index in [0.29, 0.717) is 18.4 Å². The Morgan fingerprint density at radius 1 is 1.03 bits per heavy atom. The van der Waals surface area contributed by atoms with E-state index >= 15 is 0 Å². The number of nitrogens with zero attached hydrogens (tertiary/aromatic N) is 3. The van der Waals surface area contributed by atoms with Crippen LogP contribution >= 0.6 is 0 Å². The average molecular weight is 523 g/mol. The molecule has 3 saturated heterocycles. The predicted octanol–water partition coefficient (Wildman–Crippen LogP) is 1.29. The van der Waals surface area contributed by atoms with Crippen LogP contribution in [0.5, 0.6) is 0 Å². The third-order valence-corrected chi connectivity index (χ3v) is 7.83. The van der Waals surface area contributed by atoms with Crippen molar-refractivity contribution < 1.29 is 28.7 Å². The molecule has 38 heavy (non-hydrogen) atoms. The molecule has 0 radical (unpaired) electrons. The number of carbonyl (C=O) groups excluding carboxylic acids is 5. The first-order valence-corrected chi connectivity index (χ1v) is 13.4. The van der Waals surface area contributed by atoms with Gasteiger partial charge in [0, 0.05) is 37.0 Å². The molecule has 0 aliphatic carbocycles. The Balaban J connectivity index is 1.27. The van der Waals surface area contributed by atoms with Crippen molar-refractivity contribution in [1.29, 1.82) is 0 Å². The van der Waals surface area contributed by atoms with Crippen LogP contribution in [0, 0.1) is 5.92 Å². The zero-order valence-electron chi connectivity index (χ0n) is 21.8. The Bertz CT molecular complexity index is 1160. The molecule has 1 aromatic rings. The smallest absolute Gasteiger partial charge is 0.272 e. The topological polar surface area (TPSA) is 116 Å². The van der Waals surface area contributed by atoms with Crippen LogP contribution in [0.4, 0.5) is 5.69 Å². The van der Waals surface area contributed by atoms with Gasteiger partial charge >= 0.3 is 0 Å². The second-order valence-electron chi connectivity index (χ2n) is 10.9. The number of carbonyl (C=O) groups is 5. The Hall–Kier alpha value is -3.69. The number of anilines is 1. The van der Waals surface area contributed by atoms with Gasteiger partial charge in [0.15, 0.2) is 5.78 Å². The third kappa shape index (κ3) is 4.91. The number of rotatable bonds is 7. The molecule has 3 amide bonds. The second kappa shape index (κ2) is 10.6. The third-order valence-electron chi connectivity index (χ3n) is 7.83. The van der Waals surface area contributed by atoms with Gasteiger partial charge in [-0.25, -0.2) is 0 Å². The Kier molecular flexibility index (Phi) is 7.23. The number of Topliss-reactive ketones (excluding diaryl/α,β-unsaturated/α-hetero) is 1. The van der Waals surface area contributed by atoms with E-state index in [0.717, 1.165) is 31.6 Å². The molecule has 3 fully saturated rings. The molecule has 1 N–H and O–H groups in total. The van der Waals surface area contributed by atoms with Crippen molar-refractivity contribution in [3.8, 4) is 0 Å². The fourth-order valence-corrected chi connectivity index (χ4v) is 5.96. The van der Waals surface area contributed by atoms with E-state index in [2.05, 4.69) is 10.2 Å². The van der Waals surface area contributed by atoms with Crippen molar-refractivity contribution in [2.24, 2.45) is 5.92 Å². The summed E-state index contributed by atoms with van der Waals surface area (Å²) in [5, 5.41) is 2.90. The summed E-state index contributed by atoms with van der Waals surface area (Å²) in [7, 11) is 0. The minimum absolute atomic E-state index is 0.121. The van der Waals surface area contributed by atoms with Crippen LogP contribution < -0.4 is 10.2 Å². The van der Waals surface area contributed by atoms with Crippen molar-refractivity contribution in [2.45, 2.75) is 63.8 Å². The van der Waals surface area contributed by atoms with Crippen LogP contribution in [0.15, 0.2) is 36.6 Å². The van der Waals surface area contributed by atoms with E-state index < -0.39 is 35.9 Å². The molecule has 1 aromatic carbocycles. The lowest BCUT2D eigenvalue weighted by Crippen LogP contribution is -2.53. The lowest BCUT2D eigenvalue weighted by Gasteiger charge is -2.29. The summed E-state index contributed by atoms with van der Waals surface area (Å²) < 4.78 is 5.14. The van der Waals surface area contributed by atoms with Gasteiger partial charge in [-0.15, -0.1) is 0 Å². The van der Waals surface area contributed by atoms with Crippen LogP contribution in [-0.2, 0) is 23.9 Å². The highest BCUT2D eigenvalue weighted by Crippen LogP contribution is 2.32. The summed E-state index contributed by atoms with van der Waals surface area (Å²) in [6, 6.07) is 5.31. The molecule has 0 aromatic heterocycles. The standard InChI is InChI=1S/C28H34N4O6/c1-17(2)15-20(29-26(35)18-5-7-19(8-6-18)30-11-3-4-12-30)27(36)31-13-9-21-24(31)23(34)16-32(21)28(37)25-22(33)10-14-38-25/h5-8,10,14,17,20-21,24-25H,3-4,9,11-13,15-16H2,1-2H3,(H,29,35). The van der Waals surface area contributed by atoms with Gasteiger partial charge < -0.3 is 24.8 Å². The highest BCUT2D eigenvalue weighted by atomic mass is 16.5. The van der Waals surface area contributed by atoms with E-state index in [1.165, 1.54) is 22.1 Å². The van der Waals surface area contributed by atoms with Crippen molar-refractivity contribution >= 4 is 35.0 Å². The van der Waals surface area contributed by atoms with Gasteiger partial charge in [0.05, 0.1) is 18.8 Å². The largest absolute Gasteiger partial charge is 0.480 e. The SMILES string of the molecule is CC(C)CC(NC(=O)c1ccc(N2CCCC2)cc1)C(=O)N1CCC2C1C(=O)CN2C(=O)C1OC=CC1=O. The molecule has 4 heterocycles. The summed E-state index contributed by atoms with van der Waals surface area (Å²) in [4.78, 5) is 69.9. The molecule has 4 aliphatic heterocycles. The van der Waals surface area contributed by atoms with Crippen LogP contribution in [0.1, 0.15) is 49.9 Å². The van der Waals surface area contributed by atoms with Crippen molar-refractivity contribution in [3.63, 3.8) is 0 Å². The normalized spacial score (nSPS) is 25.2. The van der Waals surface area contributed by atoms with Crippen LogP contribution in [-0.4, -0.2) is 89.5 Å². The number of amides is 3. The fraction of sp³-hybridized carbons (Fsp3) is 0.536. The number of hydrogen-bond donors (Lipinski definition) is 1. The lowest BCUT2D eigenvalue weighted by molar-refractivity contribution is -0.145. The minimum Gasteiger partial charge on any atom is -0.480 e. The van der Waals surface area contributed by atoms with Gasteiger partial charge in [-0.05, 0) is 55.9 Å². The molecule has 4 unspecified atom stereocenters. The fourth-order valence-electron chi connectivity index (χ4n) is 5.96. The highest BCUT2D eigenvalue weighted by Gasteiger charge is 2.54. The predicted molar refractivity (Wildman–Crippen MR) is 138 cm³/mol. The van der Waals surface area contributed by atoms with E-state index in [4.69, 9.17) is 4.74 Å². The van der Waals surface area contributed by atoms with Crippen LogP contribution in [0.25, 0.3) is 0 Å². The molecule has 0 bridgehead atoms. The zero-order valence-corrected chi connectivity index (χ0v) is 21.8. The maximum Gasteiger partial charge on any atom is 0.272 e. The Morgan fingerprint density at radius 2 is 1.74 bits per heavy atom. The summed E-state index contributed by atoms with van der Waals surface area (Å²) in [5.74, 6) is -1.81. The molecule has 202 valence electrons. The Labute approximate surface area is 221 Å².